The van der Waals surface area contributed by atoms with E-state index in [4.69, 9.17) is 31.5 Å². The van der Waals surface area contributed by atoms with Crippen LogP contribution in [0.15, 0.2) is 48.5 Å². The van der Waals surface area contributed by atoms with Gasteiger partial charge in [0.2, 0.25) is 5.75 Å². The molecule has 0 aliphatic heterocycles. The molecule has 0 spiro atoms. The second kappa shape index (κ2) is 7.27. The van der Waals surface area contributed by atoms with Crippen molar-refractivity contribution in [1.29, 1.82) is 0 Å². The molecule has 25 heavy (non-hydrogen) atoms. The van der Waals surface area contributed by atoms with Gasteiger partial charge in [0, 0.05) is 5.56 Å². The molecule has 0 radical (unpaired) electrons. The minimum absolute atomic E-state index is 0.115. The zero-order valence-electron chi connectivity index (χ0n) is 13.7. The van der Waals surface area contributed by atoms with Gasteiger partial charge < -0.3 is 19.9 Å². The van der Waals surface area contributed by atoms with Crippen LogP contribution in [0.2, 0.25) is 5.15 Å². The minimum Gasteiger partial charge on any atom is -0.497 e. The molecule has 0 unspecified atom stereocenters. The maximum Gasteiger partial charge on any atom is 0.206 e. The number of benzene rings is 2. The van der Waals surface area contributed by atoms with Crippen LogP contribution in [-0.4, -0.2) is 24.2 Å². The SMILES string of the molecule is COc1ccc(-c2nc(N)c(Oc3ccccc3OC)c(Cl)n2)cc1. The molecule has 128 valence electrons. The van der Waals surface area contributed by atoms with Crippen molar-refractivity contribution in [2.24, 2.45) is 0 Å². The van der Waals surface area contributed by atoms with E-state index >= 15 is 0 Å². The van der Waals surface area contributed by atoms with Crippen molar-refractivity contribution in [2.75, 3.05) is 20.0 Å². The molecule has 3 aromatic rings. The molecule has 2 aromatic carbocycles. The molecule has 1 heterocycles. The van der Waals surface area contributed by atoms with Gasteiger partial charge in [-0.15, -0.1) is 0 Å². The van der Waals surface area contributed by atoms with Crippen LogP contribution in [0.25, 0.3) is 11.4 Å². The number of halogens is 1. The Morgan fingerprint density at radius 3 is 2.16 bits per heavy atom. The van der Waals surface area contributed by atoms with Crippen LogP contribution >= 0.6 is 11.6 Å². The standard InChI is InChI=1S/C18H16ClN3O3/c1-23-12-9-7-11(8-10-12)18-21-16(19)15(17(20)22-18)25-14-6-4-3-5-13(14)24-2/h3-10H,1-2H3,(H2,20,21,22). The largest absolute Gasteiger partial charge is 0.497 e. The molecular weight excluding hydrogens is 342 g/mol. The summed E-state index contributed by atoms with van der Waals surface area (Å²) >= 11 is 6.27. The van der Waals surface area contributed by atoms with E-state index in [2.05, 4.69) is 9.97 Å². The molecule has 2 N–H and O–H groups in total. The number of ether oxygens (including phenoxy) is 3. The second-order valence-electron chi connectivity index (χ2n) is 5.03. The third kappa shape index (κ3) is 3.59. The first-order valence-electron chi connectivity index (χ1n) is 7.40. The summed E-state index contributed by atoms with van der Waals surface area (Å²) in [5, 5.41) is 0.115. The third-order valence-corrected chi connectivity index (χ3v) is 3.74. The summed E-state index contributed by atoms with van der Waals surface area (Å²) in [7, 11) is 3.15. The van der Waals surface area contributed by atoms with Crippen molar-refractivity contribution in [2.45, 2.75) is 0 Å². The lowest BCUT2D eigenvalue weighted by Crippen LogP contribution is -2.01. The number of aromatic nitrogens is 2. The quantitative estimate of drug-likeness (QED) is 0.690. The first kappa shape index (κ1) is 16.9. The summed E-state index contributed by atoms with van der Waals surface area (Å²) in [5.41, 5.74) is 6.79. The van der Waals surface area contributed by atoms with E-state index in [1.807, 2.05) is 36.4 Å². The highest BCUT2D eigenvalue weighted by Gasteiger charge is 2.16. The van der Waals surface area contributed by atoms with Crippen LogP contribution in [0.4, 0.5) is 5.82 Å². The lowest BCUT2D eigenvalue weighted by atomic mass is 10.2. The molecule has 3 rings (SSSR count). The predicted molar refractivity (Wildman–Crippen MR) is 96.5 cm³/mol. The minimum atomic E-state index is 0.115. The average molecular weight is 358 g/mol. The molecule has 0 fully saturated rings. The second-order valence-corrected chi connectivity index (χ2v) is 5.39. The zero-order chi connectivity index (χ0) is 17.8. The number of anilines is 1. The smallest absolute Gasteiger partial charge is 0.206 e. The molecule has 7 heteroatoms. The maximum atomic E-state index is 6.27. The molecule has 6 nitrogen and oxygen atoms in total. The van der Waals surface area contributed by atoms with Crippen molar-refractivity contribution in [3.8, 4) is 34.4 Å². The summed E-state index contributed by atoms with van der Waals surface area (Å²) in [6.07, 6.45) is 0. The number of rotatable bonds is 5. The van der Waals surface area contributed by atoms with Crippen LogP contribution < -0.4 is 19.9 Å². The zero-order valence-corrected chi connectivity index (χ0v) is 14.4. The van der Waals surface area contributed by atoms with Crippen LogP contribution in [0.1, 0.15) is 0 Å². The van der Waals surface area contributed by atoms with Gasteiger partial charge in [0.05, 0.1) is 14.2 Å². The lowest BCUT2D eigenvalue weighted by molar-refractivity contribution is 0.378. The van der Waals surface area contributed by atoms with Gasteiger partial charge in [-0.25, -0.2) is 9.97 Å². The maximum absolute atomic E-state index is 6.27. The number of methoxy groups -OCH3 is 2. The number of hydrogen-bond donors (Lipinski definition) is 1. The summed E-state index contributed by atoms with van der Waals surface area (Å²) < 4.78 is 16.1. The van der Waals surface area contributed by atoms with Crippen molar-refractivity contribution in [3.05, 3.63) is 53.7 Å². The van der Waals surface area contributed by atoms with E-state index in [-0.39, 0.29) is 16.7 Å². The van der Waals surface area contributed by atoms with Gasteiger partial charge in [0.15, 0.2) is 28.3 Å². The molecule has 0 saturated heterocycles. The van der Waals surface area contributed by atoms with Gasteiger partial charge in [-0.2, -0.15) is 0 Å². The van der Waals surface area contributed by atoms with Gasteiger partial charge >= 0.3 is 0 Å². The van der Waals surface area contributed by atoms with Crippen LogP contribution in [-0.2, 0) is 0 Å². The van der Waals surface area contributed by atoms with E-state index in [0.29, 0.717) is 17.3 Å². The van der Waals surface area contributed by atoms with Gasteiger partial charge in [-0.1, -0.05) is 23.7 Å². The van der Waals surface area contributed by atoms with Crippen LogP contribution in [0.3, 0.4) is 0 Å². The van der Waals surface area contributed by atoms with E-state index in [1.54, 1.807) is 26.4 Å². The first-order valence-corrected chi connectivity index (χ1v) is 7.78. The normalized spacial score (nSPS) is 10.4. The monoisotopic (exact) mass is 357 g/mol. The molecule has 1 aromatic heterocycles. The Balaban J connectivity index is 1.94. The highest BCUT2D eigenvalue weighted by Crippen LogP contribution is 2.38. The molecule has 0 saturated carbocycles. The van der Waals surface area contributed by atoms with Gasteiger partial charge in [0.1, 0.15) is 5.75 Å². The van der Waals surface area contributed by atoms with Crippen LogP contribution in [0, 0.1) is 0 Å². The molecule has 0 atom stereocenters. The summed E-state index contributed by atoms with van der Waals surface area (Å²) in [4.78, 5) is 8.57. The Labute approximate surface area is 150 Å². The number of hydrogen-bond acceptors (Lipinski definition) is 6. The Bertz CT molecular complexity index is 862. The number of para-hydroxylation sites is 2. The molecule has 0 amide bonds. The van der Waals surface area contributed by atoms with E-state index in [9.17, 15) is 0 Å². The fourth-order valence-electron chi connectivity index (χ4n) is 2.22. The molecular formula is C18H16ClN3O3. The molecule has 0 bridgehead atoms. The van der Waals surface area contributed by atoms with Crippen molar-refractivity contribution >= 4 is 17.4 Å². The Morgan fingerprint density at radius 1 is 0.880 bits per heavy atom. The van der Waals surface area contributed by atoms with Crippen molar-refractivity contribution in [3.63, 3.8) is 0 Å². The predicted octanol–water partition coefficient (Wildman–Crippen LogP) is 4.19. The summed E-state index contributed by atoms with van der Waals surface area (Å²) in [5.74, 6) is 2.48. The highest BCUT2D eigenvalue weighted by atomic mass is 35.5. The average Bonchev–Trinajstić information content (AvgIpc) is 2.65. The number of nitrogen functional groups attached to an aromatic ring is 1. The third-order valence-electron chi connectivity index (χ3n) is 3.48. The highest BCUT2D eigenvalue weighted by molar-refractivity contribution is 6.31. The summed E-state index contributed by atoms with van der Waals surface area (Å²) in [6, 6.07) is 14.4. The van der Waals surface area contributed by atoms with E-state index in [1.165, 1.54) is 0 Å². The van der Waals surface area contributed by atoms with Crippen molar-refractivity contribution in [1.82, 2.24) is 9.97 Å². The number of nitrogens with two attached hydrogens (primary N) is 1. The van der Waals surface area contributed by atoms with Gasteiger partial charge in [-0.05, 0) is 36.4 Å². The van der Waals surface area contributed by atoms with Gasteiger partial charge in [0.25, 0.3) is 0 Å². The fraction of sp³-hybridized carbons (Fsp3) is 0.111. The van der Waals surface area contributed by atoms with E-state index in [0.717, 1.165) is 11.3 Å². The molecule has 0 aliphatic rings. The van der Waals surface area contributed by atoms with Gasteiger partial charge in [-0.3, -0.25) is 0 Å². The number of nitrogens with zero attached hydrogens (tertiary/aromatic N) is 2. The van der Waals surface area contributed by atoms with Crippen LogP contribution in [0.5, 0.6) is 23.0 Å². The first-order chi connectivity index (χ1) is 12.1. The van der Waals surface area contributed by atoms with Crippen molar-refractivity contribution < 1.29 is 14.2 Å². The van der Waals surface area contributed by atoms with E-state index < -0.39 is 0 Å². The molecule has 0 aliphatic carbocycles. The fourth-order valence-corrected chi connectivity index (χ4v) is 2.43. The lowest BCUT2D eigenvalue weighted by Gasteiger charge is -2.13. The Hall–Kier alpha value is -2.99. The topological polar surface area (TPSA) is 79.5 Å². The Kier molecular flexibility index (Phi) is 4.90. The Morgan fingerprint density at radius 2 is 1.56 bits per heavy atom. The summed E-state index contributed by atoms with van der Waals surface area (Å²) in [6.45, 7) is 0.